The molecule has 1 aliphatic heterocycles. The van der Waals surface area contributed by atoms with E-state index in [1.807, 2.05) is 48.1 Å². The third-order valence-electron chi connectivity index (χ3n) is 5.36. The Kier molecular flexibility index (Phi) is 5.31. The summed E-state index contributed by atoms with van der Waals surface area (Å²) in [7, 11) is 0. The first kappa shape index (κ1) is 19.0. The van der Waals surface area contributed by atoms with E-state index in [-0.39, 0.29) is 0 Å². The molecule has 0 radical (unpaired) electrons. The smallest absolute Gasteiger partial charge is 0.253 e. The third-order valence-corrected chi connectivity index (χ3v) is 6.26. The quantitative estimate of drug-likeness (QED) is 0.451. The molecular formula is C22H23N7S. The van der Waals surface area contributed by atoms with Crippen LogP contribution in [0.4, 0.5) is 5.95 Å². The van der Waals surface area contributed by atoms with Crippen molar-refractivity contribution in [2.24, 2.45) is 0 Å². The van der Waals surface area contributed by atoms with E-state index in [0.29, 0.717) is 5.78 Å². The van der Waals surface area contributed by atoms with Crippen LogP contribution >= 0.6 is 11.8 Å². The van der Waals surface area contributed by atoms with Gasteiger partial charge in [-0.2, -0.15) is 9.50 Å². The Hall–Kier alpha value is -3.00. The van der Waals surface area contributed by atoms with Crippen molar-refractivity contribution < 1.29 is 0 Å². The SMILES string of the molecule is Cc1c(-c2ccnc(N3CCCCC3)n2)cnc2nc(SCc3ccccc3)nn12. The predicted octanol–water partition coefficient (Wildman–Crippen LogP) is 4.17. The zero-order chi connectivity index (χ0) is 20.3. The molecule has 0 saturated carbocycles. The van der Waals surface area contributed by atoms with Crippen molar-refractivity contribution in [1.82, 2.24) is 29.5 Å². The molecule has 0 atom stereocenters. The van der Waals surface area contributed by atoms with Crippen LogP contribution < -0.4 is 4.90 Å². The fourth-order valence-electron chi connectivity index (χ4n) is 3.70. The molecular weight excluding hydrogens is 394 g/mol. The highest BCUT2D eigenvalue weighted by Gasteiger charge is 2.17. The monoisotopic (exact) mass is 417 g/mol. The normalized spacial score (nSPS) is 14.4. The highest BCUT2D eigenvalue weighted by molar-refractivity contribution is 7.98. The molecule has 0 bridgehead atoms. The molecule has 4 heterocycles. The number of fused-ring (bicyclic) bond motifs is 1. The number of rotatable bonds is 5. The maximum absolute atomic E-state index is 4.83. The van der Waals surface area contributed by atoms with Crippen molar-refractivity contribution in [1.29, 1.82) is 0 Å². The van der Waals surface area contributed by atoms with Gasteiger partial charge in [-0.1, -0.05) is 42.1 Å². The summed E-state index contributed by atoms with van der Waals surface area (Å²) in [6, 6.07) is 12.3. The van der Waals surface area contributed by atoms with Crippen LogP contribution in [0.25, 0.3) is 17.0 Å². The molecule has 8 heteroatoms. The van der Waals surface area contributed by atoms with Gasteiger partial charge >= 0.3 is 0 Å². The molecule has 1 aliphatic rings. The van der Waals surface area contributed by atoms with Gasteiger partial charge in [0.05, 0.1) is 11.4 Å². The molecule has 0 unspecified atom stereocenters. The minimum absolute atomic E-state index is 0.608. The Balaban J connectivity index is 1.42. The van der Waals surface area contributed by atoms with E-state index in [2.05, 4.69) is 37.1 Å². The van der Waals surface area contributed by atoms with Gasteiger partial charge in [0.15, 0.2) is 0 Å². The van der Waals surface area contributed by atoms with E-state index in [9.17, 15) is 0 Å². The van der Waals surface area contributed by atoms with Gasteiger partial charge < -0.3 is 4.90 Å². The maximum atomic E-state index is 4.83. The summed E-state index contributed by atoms with van der Waals surface area (Å²) in [5.74, 6) is 2.23. The lowest BCUT2D eigenvalue weighted by atomic mass is 10.1. The second-order valence-corrected chi connectivity index (χ2v) is 8.37. The lowest BCUT2D eigenvalue weighted by Crippen LogP contribution is -2.31. The number of aryl methyl sites for hydroxylation is 1. The molecule has 1 aromatic carbocycles. The first-order valence-corrected chi connectivity index (χ1v) is 11.2. The Bertz CT molecular complexity index is 1150. The highest BCUT2D eigenvalue weighted by Crippen LogP contribution is 2.25. The van der Waals surface area contributed by atoms with Gasteiger partial charge in [0.1, 0.15) is 0 Å². The lowest BCUT2D eigenvalue weighted by molar-refractivity contribution is 0.568. The van der Waals surface area contributed by atoms with Crippen LogP contribution in [0, 0.1) is 6.92 Å². The first-order valence-electron chi connectivity index (χ1n) is 10.3. The summed E-state index contributed by atoms with van der Waals surface area (Å²) < 4.78 is 1.81. The van der Waals surface area contributed by atoms with Crippen LogP contribution in [0.2, 0.25) is 0 Å². The molecule has 0 spiro atoms. The summed E-state index contributed by atoms with van der Waals surface area (Å²) in [5, 5.41) is 5.40. The second-order valence-electron chi connectivity index (χ2n) is 7.43. The fourth-order valence-corrected chi connectivity index (χ4v) is 4.48. The molecule has 0 amide bonds. The molecule has 3 aromatic heterocycles. The second kappa shape index (κ2) is 8.39. The number of benzene rings is 1. The van der Waals surface area contributed by atoms with Gasteiger partial charge in [0.2, 0.25) is 11.1 Å². The molecule has 0 N–H and O–H groups in total. The molecule has 1 saturated heterocycles. The van der Waals surface area contributed by atoms with Gasteiger partial charge in [-0.05, 0) is 37.8 Å². The van der Waals surface area contributed by atoms with Crippen LogP contribution in [-0.2, 0) is 5.75 Å². The lowest BCUT2D eigenvalue weighted by Gasteiger charge is -2.26. The van der Waals surface area contributed by atoms with Crippen molar-refractivity contribution in [2.45, 2.75) is 37.1 Å². The van der Waals surface area contributed by atoms with Gasteiger partial charge in [0, 0.05) is 36.8 Å². The Morgan fingerprint density at radius 3 is 2.63 bits per heavy atom. The first-order chi connectivity index (χ1) is 14.8. The number of nitrogens with zero attached hydrogens (tertiary/aromatic N) is 7. The number of thioether (sulfide) groups is 1. The Labute approximate surface area is 179 Å². The van der Waals surface area contributed by atoms with E-state index in [1.54, 1.807) is 11.8 Å². The van der Waals surface area contributed by atoms with Crippen molar-refractivity contribution in [3.05, 3.63) is 60.0 Å². The Morgan fingerprint density at radius 1 is 0.967 bits per heavy atom. The van der Waals surface area contributed by atoms with Crippen LogP contribution in [0.15, 0.2) is 53.9 Å². The average Bonchev–Trinajstić information content (AvgIpc) is 3.24. The van der Waals surface area contributed by atoms with Crippen molar-refractivity contribution in [3.8, 4) is 11.3 Å². The molecule has 1 fully saturated rings. The predicted molar refractivity (Wildman–Crippen MR) is 119 cm³/mol. The minimum atomic E-state index is 0.608. The standard InChI is InChI=1S/C22H23N7S/c1-16-18(19-10-11-23-20(25-19)28-12-6-3-7-13-28)14-24-21-26-22(27-29(16)21)30-15-17-8-4-2-5-9-17/h2,4-5,8-11,14H,3,6-7,12-13,15H2,1H3. The number of piperidine rings is 1. The number of anilines is 1. The number of hydrogen-bond donors (Lipinski definition) is 0. The summed E-state index contributed by atoms with van der Waals surface area (Å²) in [6.45, 7) is 4.07. The van der Waals surface area contributed by atoms with Crippen LogP contribution in [0.3, 0.4) is 0 Å². The van der Waals surface area contributed by atoms with Gasteiger partial charge in [-0.3, -0.25) is 0 Å². The Morgan fingerprint density at radius 2 is 1.80 bits per heavy atom. The molecule has 30 heavy (non-hydrogen) atoms. The zero-order valence-corrected chi connectivity index (χ0v) is 17.7. The summed E-state index contributed by atoms with van der Waals surface area (Å²) in [4.78, 5) is 20.7. The van der Waals surface area contributed by atoms with Crippen LogP contribution in [-0.4, -0.2) is 42.6 Å². The topological polar surface area (TPSA) is 72.1 Å². The van der Waals surface area contributed by atoms with Gasteiger partial charge in [-0.25, -0.2) is 15.0 Å². The molecule has 5 rings (SSSR count). The van der Waals surface area contributed by atoms with Crippen molar-refractivity contribution in [2.75, 3.05) is 18.0 Å². The largest absolute Gasteiger partial charge is 0.341 e. The van der Waals surface area contributed by atoms with E-state index in [4.69, 9.17) is 4.98 Å². The number of hydrogen-bond acceptors (Lipinski definition) is 7. The van der Waals surface area contributed by atoms with Crippen molar-refractivity contribution >= 4 is 23.5 Å². The maximum Gasteiger partial charge on any atom is 0.253 e. The molecule has 0 aliphatic carbocycles. The molecule has 4 aromatic rings. The summed E-state index contributed by atoms with van der Waals surface area (Å²) in [5.41, 5.74) is 4.04. The van der Waals surface area contributed by atoms with Gasteiger partial charge in [-0.15, -0.1) is 5.10 Å². The van der Waals surface area contributed by atoms with Gasteiger partial charge in [0.25, 0.3) is 5.78 Å². The highest BCUT2D eigenvalue weighted by atomic mass is 32.2. The minimum Gasteiger partial charge on any atom is -0.341 e. The van der Waals surface area contributed by atoms with Crippen LogP contribution in [0.5, 0.6) is 0 Å². The van der Waals surface area contributed by atoms with Crippen LogP contribution in [0.1, 0.15) is 30.5 Å². The molecule has 152 valence electrons. The summed E-state index contributed by atoms with van der Waals surface area (Å²) >= 11 is 1.62. The van der Waals surface area contributed by atoms with E-state index < -0.39 is 0 Å². The number of aromatic nitrogens is 6. The van der Waals surface area contributed by atoms with E-state index in [0.717, 1.165) is 46.9 Å². The van der Waals surface area contributed by atoms with E-state index >= 15 is 0 Å². The fraction of sp³-hybridized carbons (Fsp3) is 0.318. The third kappa shape index (κ3) is 3.87. The molecule has 7 nitrogen and oxygen atoms in total. The van der Waals surface area contributed by atoms with E-state index in [1.165, 1.54) is 24.8 Å². The van der Waals surface area contributed by atoms with Crippen molar-refractivity contribution in [3.63, 3.8) is 0 Å². The average molecular weight is 418 g/mol. The summed E-state index contributed by atoms with van der Waals surface area (Å²) in [6.07, 6.45) is 7.35. The zero-order valence-electron chi connectivity index (χ0n) is 16.9.